The van der Waals surface area contributed by atoms with Gasteiger partial charge < -0.3 is 29.2 Å². The average molecular weight is 306 g/mol. The van der Waals surface area contributed by atoms with E-state index in [0.717, 1.165) is 13.8 Å². The molecule has 1 rings (SSSR count). The molecule has 0 radical (unpaired) electrons. The summed E-state index contributed by atoms with van der Waals surface area (Å²) >= 11 is 0. The van der Waals surface area contributed by atoms with Gasteiger partial charge in [0.15, 0.2) is 18.5 Å². The van der Waals surface area contributed by atoms with Crippen LogP contribution in [-0.2, 0) is 33.3 Å². The van der Waals surface area contributed by atoms with Gasteiger partial charge in [-0.25, -0.2) is 0 Å². The Hall–Kier alpha value is -1.71. The van der Waals surface area contributed by atoms with Crippen molar-refractivity contribution in [3.63, 3.8) is 0 Å². The van der Waals surface area contributed by atoms with E-state index in [-0.39, 0.29) is 6.61 Å². The van der Waals surface area contributed by atoms with Crippen molar-refractivity contribution >= 4 is 17.9 Å². The summed E-state index contributed by atoms with van der Waals surface area (Å²) < 4.78 is 19.6. The lowest BCUT2D eigenvalue weighted by atomic mass is 9.98. The van der Waals surface area contributed by atoms with Crippen LogP contribution >= 0.6 is 0 Å². The van der Waals surface area contributed by atoms with Gasteiger partial charge in [0.05, 0.1) is 0 Å². The smallest absolute Gasteiger partial charge is 0.303 e. The second-order valence-corrected chi connectivity index (χ2v) is 4.51. The molecule has 1 aliphatic heterocycles. The Morgan fingerprint density at radius 3 is 1.95 bits per heavy atom. The van der Waals surface area contributed by atoms with Gasteiger partial charge in [0.1, 0.15) is 18.8 Å². The predicted octanol–water partition coefficient (Wildman–Crippen LogP) is -1.51. The lowest BCUT2D eigenvalue weighted by Gasteiger charge is -2.41. The van der Waals surface area contributed by atoms with Gasteiger partial charge in [-0.15, -0.1) is 0 Å². The van der Waals surface area contributed by atoms with E-state index < -0.39 is 48.6 Å². The number of carbonyl (C=O) groups is 3. The van der Waals surface area contributed by atoms with Crippen LogP contribution in [0.3, 0.4) is 0 Å². The molecule has 3 unspecified atom stereocenters. The first-order chi connectivity index (χ1) is 9.72. The first-order valence-electron chi connectivity index (χ1n) is 6.21. The molecule has 0 aromatic carbocycles. The second-order valence-electron chi connectivity index (χ2n) is 4.51. The molecule has 120 valence electrons. The van der Waals surface area contributed by atoms with E-state index >= 15 is 0 Å². The van der Waals surface area contributed by atoms with Crippen molar-refractivity contribution in [1.29, 1.82) is 0 Å². The molecule has 0 aliphatic carbocycles. The van der Waals surface area contributed by atoms with Gasteiger partial charge in [-0.2, -0.15) is 0 Å². The third-order valence-electron chi connectivity index (χ3n) is 2.69. The third-order valence-corrected chi connectivity index (χ3v) is 2.69. The normalized spacial score (nSPS) is 32.1. The molecule has 1 fully saturated rings. The van der Waals surface area contributed by atoms with Gasteiger partial charge in [0.2, 0.25) is 0 Å². The van der Waals surface area contributed by atoms with Crippen LogP contribution in [0, 0.1) is 0 Å². The molecule has 9 heteroatoms. The Morgan fingerprint density at radius 2 is 1.48 bits per heavy atom. The lowest BCUT2D eigenvalue weighted by Crippen LogP contribution is -2.61. The minimum absolute atomic E-state index is 0.338. The lowest BCUT2D eigenvalue weighted by molar-refractivity contribution is -0.293. The predicted molar refractivity (Wildman–Crippen MR) is 64.6 cm³/mol. The summed E-state index contributed by atoms with van der Waals surface area (Å²) in [6, 6.07) is 0. The minimum atomic E-state index is -1.68. The summed E-state index contributed by atoms with van der Waals surface area (Å²) in [5.41, 5.74) is 0. The SMILES string of the molecule is CC(=O)OCC1O[C@@H](O)C(O)C(OC(C)=O)[C@@H]1OC(C)=O. The van der Waals surface area contributed by atoms with E-state index in [1.807, 2.05) is 0 Å². The van der Waals surface area contributed by atoms with Crippen molar-refractivity contribution in [1.82, 2.24) is 0 Å². The van der Waals surface area contributed by atoms with Crippen molar-refractivity contribution in [3.05, 3.63) is 0 Å². The highest BCUT2D eigenvalue weighted by Crippen LogP contribution is 2.25. The number of esters is 3. The second kappa shape index (κ2) is 7.34. The fourth-order valence-electron chi connectivity index (χ4n) is 1.90. The summed E-state index contributed by atoms with van der Waals surface area (Å²) in [6.07, 6.45) is -6.92. The molecule has 0 aromatic heterocycles. The van der Waals surface area contributed by atoms with Crippen LogP contribution < -0.4 is 0 Å². The van der Waals surface area contributed by atoms with Crippen molar-refractivity contribution in [2.24, 2.45) is 0 Å². The number of aliphatic hydroxyl groups is 2. The Balaban J connectivity index is 2.94. The maximum Gasteiger partial charge on any atom is 0.303 e. The number of ether oxygens (including phenoxy) is 4. The Labute approximate surface area is 120 Å². The van der Waals surface area contributed by atoms with E-state index in [1.54, 1.807) is 0 Å². The first kappa shape index (κ1) is 17.3. The minimum Gasteiger partial charge on any atom is -0.463 e. The highest BCUT2D eigenvalue weighted by Gasteiger charge is 2.49. The van der Waals surface area contributed by atoms with Crippen LogP contribution in [0.15, 0.2) is 0 Å². The van der Waals surface area contributed by atoms with Crippen LogP contribution in [0.2, 0.25) is 0 Å². The van der Waals surface area contributed by atoms with Crippen LogP contribution in [-0.4, -0.2) is 65.4 Å². The van der Waals surface area contributed by atoms with Gasteiger partial charge in [-0.1, -0.05) is 0 Å². The largest absolute Gasteiger partial charge is 0.463 e. The molecular formula is C12H18O9. The molecular weight excluding hydrogens is 288 g/mol. The van der Waals surface area contributed by atoms with Gasteiger partial charge in [-0.3, -0.25) is 14.4 Å². The topological polar surface area (TPSA) is 129 Å². The molecule has 5 atom stereocenters. The van der Waals surface area contributed by atoms with Gasteiger partial charge >= 0.3 is 17.9 Å². The Morgan fingerprint density at radius 1 is 0.952 bits per heavy atom. The molecule has 21 heavy (non-hydrogen) atoms. The third kappa shape index (κ3) is 4.96. The monoisotopic (exact) mass is 306 g/mol. The number of hydrogen-bond donors (Lipinski definition) is 2. The van der Waals surface area contributed by atoms with E-state index in [1.165, 1.54) is 6.92 Å². The summed E-state index contributed by atoms with van der Waals surface area (Å²) in [7, 11) is 0. The standard InChI is InChI=1S/C12H18O9/c1-5(13)18-4-8-10(19-6(2)14)11(20-7(3)15)9(16)12(17)21-8/h8-12,16-17H,4H2,1-3H3/t8?,9?,10-,11?,12-/m1/s1. The number of rotatable bonds is 4. The van der Waals surface area contributed by atoms with Gasteiger partial charge in [0.25, 0.3) is 0 Å². The molecule has 1 aliphatic rings. The summed E-state index contributed by atoms with van der Waals surface area (Å²) in [5.74, 6) is -2.06. The zero-order chi connectivity index (χ0) is 16.2. The number of carbonyl (C=O) groups excluding carboxylic acids is 3. The van der Waals surface area contributed by atoms with Crippen LogP contribution in [0.5, 0.6) is 0 Å². The van der Waals surface area contributed by atoms with Crippen molar-refractivity contribution < 1.29 is 43.5 Å². The summed E-state index contributed by atoms with van der Waals surface area (Å²) in [5, 5.41) is 19.4. The highest BCUT2D eigenvalue weighted by molar-refractivity contribution is 5.67. The molecule has 1 saturated heterocycles. The van der Waals surface area contributed by atoms with E-state index in [4.69, 9.17) is 18.9 Å². The highest BCUT2D eigenvalue weighted by atomic mass is 16.7. The molecule has 0 amide bonds. The van der Waals surface area contributed by atoms with Crippen LogP contribution in [0.4, 0.5) is 0 Å². The maximum absolute atomic E-state index is 11.1. The van der Waals surface area contributed by atoms with Crippen LogP contribution in [0.25, 0.3) is 0 Å². The Kier molecular flexibility index (Phi) is 6.06. The number of aliphatic hydroxyl groups excluding tert-OH is 2. The Bertz CT molecular complexity index is 408. The van der Waals surface area contributed by atoms with Gasteiger partial charge in [0, 0.05) is 20.8 Å². The molecule has 9 nitrogen and oxygen atoms in total. The molecule has 0 bridgehead atoms. The molecule has 1 heterocycles. The molecule has 0 spiro atoms. The van der Waals surface area contributed by atoms with Crippen molar-refractivity contribution in [2.45, 2.75) is 51.5 Å². The quantitative estimate of drug-likeness (QED) is 0.470. The summed E-state index contributed by atoms with van der Waals surface area (Å²) in [4.78, 5) is 33.1. The van der Waals surface area contributed by atoms with Crippen LogP contribution in [0.1, 0.15) is 20.8 Å². The molecule has 0 saturated carbocycles. The number of hydrogen-bond acceptors (Lipinski definition) is 9. The zero-order valence-corrected chi connectivity index (χ0v) is 11.8. The van der Waals surface area contributed by atoms with E-state index in [0.29, 0.717) is 0 Å². The van der Waals surface area contributed by atoms with E-state index in [2.05, 4.69) is 0 Å². The summed E-state index contributed by atoms with van der Waals surface area (Å²) in [6.45, 7) is 3.04. The fraction of sp³-hybridized carbons (Fsp3) is 0.750. The fourth-order valence-corrected chi connectivity index (χ4v) is 1.90. The first-order valence-corrected chi connectivity index (χ1v) is 6.21. The van der Waals surface area contributed by atoms with Crippen molar-refractivity contribution in [3.8, 4) is 0 Å². The molecule has 2 N–H and O–H groups in total. The molecule has 0 aromatic rings. The van der Waals surface area contributed by atoms with E-state index in [9.17, 15) is 24.6 Å². The van der Waals surface area contributed by atoms with Crippen molar-refractivity contribution in [2.75, 3.05) is 6.61 Å². The van der Waals surface area contributed by atoms with Gasteiger partial charge in [-0.05, 0) is 0 Å². The average Bonchev–Trinajstić information content (AvgIpc) is 2.35. The maximum atomic E-state index is 11.1. The zero-order valence-electron chi connectivity index (χ0n) is 11.8.